The first-order valence-electron chi connectivity index (χ1n) is 9.72. The van der Waals surface area contributed by atoms with Crippen molar-refractivity contribution < 1.29 is 23.5 Å². The van der Waals surface area contributed by atoms with Crippen LogP contribution in [0.2, 0.25) is 0 Å². The Morgan fingerprint density at radius 2 is 1.96 bits per heavy atom. The van der Waals surface area contributed by atoms with Crippen molar-refractivity contribution in [3.05, 3.63) is 53.8 Å². The molecule has 1 aliphatic heterocycles. The fraction of sp³-hybridized carbons (Fsp3) is 0.455. The first kappa shape index (κ1) is 20.0. The van der Waals surface area contributed by atoms with Gasteiger partial charge in [0.1, 0.15) is 0 Å². The normalized spacial score (nSPS) is 19.3. The Bertz CT molecular complexity index is 800. The second-order valence-corrected chi connectivity index (χ2v) is 7.14. The quantitative estimate of drug-likeness (QED) is 0.680. The Morgan fingerprint density at radius 3 is 2.64 bits per heavy atom. The number of rotatable bonds is 7. The number of ether oxygens (including phenoxy) is 2. The predicted molar refractivity (Wildman–Crippen MR) is 104 cm³/mol. The van der Waals surface area contributed by atoms with Gasteiger partial charge in [0.15, 0.2) is 5.76 Å². The molecule has 1 aromatic carbocycles. The summed E-state index contributed by atoms with van der Waals surface area (Å²) in [7, 11) is 1.49. The number of hydrogen-bond acceptors (Lipinski definition) is 5. The van der Waals surface area contributed by atoms with E-state index in [1.54, 1.807) is 17.0 Å². The molecule has 2 aromatic rings. The lowest BCUT2D eigenvalue weighted by Crippen LogP contribution is -2.50. The van der Waals surface area contributed by atoms with Gasteiger partial charge in [0.25, 0.3) is 11.9 Å². The first-order chi connectivity index (χ1) is 13.6. The lowest BCUT2D eigenvalue weighted by Gasteiger charge is -2.40. The van der Waals surface area contributed by atoms with Crippen LogP contribution in [-0.4, -0.2) is 43.6 Å². The number of methoxy groups -OCH3 is 1. The fourth-order valence-electron chi connectivity index (χ4n) is 3.79. The van der Waals surface area contributed by atoms with Crippen molar-refractivity contribution in [2.24, 2.45) is 5.41 Å². The zero-order valence-corrected chi connectivity index (χ0v) is 16.5. The van der Waals surface area contributed by atoms with Crippen LogP contribution >= 0.6 is 0 Å². The van der Waals surface area contributed by atoms with Gasteiger partial charge in [0.05, 0.1) is 19.1 Å². The largest absolute Gasteiger partial charge is 0.468 e. The number of piperidine rings is 1. The van der Waals surface area contributed by atoms with Crippen LogP contribution in [-0.2, 0) is 16.0 Å². The lowest BCUT2D eigenvalue weighted by atomic mass is 9.75. The molecule has 1 aliphatic rings. The summed E-state index contributed by atoms with van der Waals surface area (Å²) < 4.78 is 15.9. The van der Waals surface area contributed by atoms with Gasteiger partial charge >= 0.3 is 5.97 Å². The molecule has 0 saturated carbocycles. The first-order valence-corrected chi connectivity index (χ1v) is 9.72. The molecule has 3 rings (SSSR count). The van der Waals surface area contributed by atoms with Crippen molar-refractivity contribution in [1.29, 1.82) is 0 Å². The van der Waals surface area contributed by atoms with Crippen molar-refractivity contribution >= 4 is 11.9 Å². The van der Waals surface area contributed by atoms with E-state index in [4.69, 9.17) is 13.9 Å². The van der Waals surface area contributed by atoms with Crippen LogP contribution in [0.15, 0.2) is 46.9 Å². The summed E-state index contributed by atoms with van der Waals surface area (Å²) in [6, 6.07) is 13.3. The highest BCUT2D eigenvalue weighted by atomic mass is 16.6. The molecule has 1 aromatic heterocycles. The SMILES string of the molecule is CCOC(=O)[C@]1(CCc2ccccc2)CCCN(C(=O)c2ccc(OC)o2)C1. The number of amides is 1. The number of carbonyl (C=O) groups is 2. The number of carbonyl (C=O) groups excluding carboxylic acids is 2. The molecule has 0 radical (unpaired) electrons. The molecule has 0 bridgehead atoms. The average Bonchev–Trinajstić information content (AvgIpc) is 3.22. The lowest BCUT2D eigenvalue weighted by molar-refractivity contribution is -0.159. The van der Waals surface area contributed by atoms with E-state index in [1.807, 2.05) is 25.1 Å². The van der Waals surface area contributed by atoms with E-state index >= 15 is 0 Å². The van der Waals surface area contributed by atoms with Gasteiger partial charge in [0, 0.05) is 19.2 Å². The van der Waals surface area contributed by atoms with Gasteiger partial charge in [-0.1, -0.05) is 30.3 Å². The summed E-state index contributed by atoms with van der Waals surface area (Å²) in [6.07, 6.45) is 2.86. The average molecular weight is 385 g/mol. The number of benzene rings is 1. The minimum atomic E-state index is -0.698. The molecule has 6 nitrogen and oxygen atoms in total. The van der Waals surface area contributed by atoms with Crippen molar-refractivity contribution in [1.82, 2.24) is 4.90 Å². The second kappa shape index (κ2) is 8.95. The summed E-state index contributed by atoms with van der Waals surface area (Å²) >= 11 is 0. The Morgan fingerprint density at radius 1 is 1.18 bits per heavy atom. The minimum absolute atomic E-state index is 0.222. The highest BCUT2D eigenvalue weighted by Gasteiger charge is 2.44. The molecule has 28 heavy (non-hydrogen) atoms. The van der Waals surface area contributed by atoms with E-state index in [-0.39, 0.29) is 17.6 Å². The molecule has 1 saturated heterocycles. The number of esters is 1. The van der Waals surface area contributed by atoms with E-state index in [2.05, 4.69) is 12.1 Å². The van der Waals surface area contributed by atoms with Gasteiger partial charge in [-0.2, -0.15) is 0 Å². The van der Waals surface area contributed by atoms with Crippen LogP contribution in [0, 0.1) is 5.41 Å². The third kappa shape index (κ3) is 4.38. The van der Waals surface area contributed by atoms with Gasteiger partial charge in [0.2, 0.25) is 0 Å². The maximum absolute atomic E-state index is 12.9. The van der Waals surface area contributed by atoms with Gasteiger partial charge in [-0.15, -0.1) is 0 Å². The summed E-state index contributed by atoms with van der Waals surface area (Å²) in [5.41, 5.74) is 0.474. The number of furan rings is 1. The molecule has 2 heterocycles. The van der Waals surface area contributed by atoms with Crippen LogP contribution in [0.4, 0.5) is 0 Å². The van der Waals surface area contributed by atoms with E-state index in [1.165, 1.54) is 12.7 Å². The smallest absolute Gasteiger partial charge is 0.313 e. The third-order valence-corrected chi connectivity index (χ3v) is 5.30. The van der Waals surface area contributed by atoms with Crippen LogP contribution in [0.25, 0.3) is 0 Å². The summed E-state index contributed by atoms with van der Waals surface area (Å²) in [4.78, 5) is 27.5. The van der Waals surface area contributed by atoms with Gasteiger partial charge in [-0.3, -0.25) is 9.59 Å². The van der Waals surface area contributed by atoms with Crippen molar-refractivity contribution in [2.75, 3.05) is 26.8 Å². The Balaban J connectivity index is 1.78. The molecule has 1 fully saturated rings. The van der Waals surface area contributed by atoms with Crippen LogP contribution in [0.1, 0.15) is 42.3 Å². The molecular weight excluding hydrogens is 358 g/mol. The Kier molecular flexibility index (Phi) is 6.39. The summed E-state index contributed by atoms with van der Waals surface area (Å²) in [6.45, 7) is 3.06. The highest BCUT2D eigenvalue weighted by Crippen LogP contribution is 2.37. The van der Waals surface area contributed by atoms with Gasteiger partial charge < -0.3 is 18.8 Å². The minimum Gasteiger partial charge on any atom is -0.468 e. The Hall–Kier alpha value is -2.76. The number of nitrogens with zero attached hydrogens (tertiary/aromatic N) is 1. The Labute approximate surface area is 165 Å². The monoisotopic (exact) mass is 385 g/mol. The molecule has 150 valence electrons. The molecule has 0 unspecified atom stereocenters. The molecule has 6 heteroatoms. The van der Waals surface area contributed by atoms with Crippen LogP contribution < -0.4 is 4.74 Å². The molecule has 0 aliphatic carbocycles. The topological polar surface area (TPSA) is 69.0 Å². The number of likely N-dealkylation sites (tertiary alicyclic amines) is 1. The maximum Gasteiger partial charge on any atom is 0.313 e. The van der Waals surface area contributed by atoms with E-state index in [0.717, 1.165) is 12.8 Å². The second-order valence-electron chi connectivity index (χ2n) is 7.14. The zero-order valence-electron chi connectivity index (χ0n) is 16.5. The van der Waals surface area contributed by atoms with Gasteiger partial charge in [-0.25, -0.2) is 0 Å². The highest BCUT2D eigenvalue weighted by molar-refractivity contribution is 5.92. The molecule has 0 spiro atoms. The van der Waals surface area contributed by atoms with Crippen LogP contribution in [0.5, 0.6) is 5.95 Å². The fourth-order valence-corrected chi connectivity index (χ4v) is 3.79. The summed E-state index contributed by atoms with van der Waals surface area (Å²) in [5, 5.41) is 0. The van der Waals surface area contributed by atoms with E-state index in [0.29, 0.717) is 38.5 Å². The van der Waals surface area contributed by atoms with Crippen molar-refractivity contribution in [3.63, 3.8) is 0 Å². The predicted octanol–water partition coefficient (Wildman–Crippen LogP) is 3.71. The molecule has 0 N–H and O–H groups in total. The number of hydrogen-bond donors (Lipinski definition) is 0. The van der Waals surface area contributed by atoms with E-state index in [9.17, 15) is 9.59 Å². The standard InChI is InChI=1S/C22H27NO5/c1-3-27-21(25)22(14-12-17-8-5-4-6-9-17)13-7-15-23(16-22)20(24)18-10-11-19(26-2)28-18/h4-6,8-11H,3,7,12-16H2,1-2H3/t22-/m0/s1. The van der Waals surface area contributed by atoms with Gasteiger partial charge in [-0.05, 0) is 44.2 Å². The zero-order chi connectivity index (χ0) is 20.0. The third-order valence-electron chi connectivity index (χ3n) is 5.30. The van der Waals surface area contributed by atoms with E-state index < -0.39 is 5.41 Å². The molecular formula is C22H27NO5. The van der Waals surface area contributed by atoms with Crippen LogP contribution in [0.3, 0.4) is 0 Å². The maximum atomic E-state index is 12.9. The number of aryl methyl sites for hydroxylation is 1. The molecule has 1 amide bonds. The molecule has 1 atom stereocenters. The van der Waals surface area contributed by atoms with Crippen molar-refractivity contribution in [2.45, 2.75) is 32.6 Å². The van der Waals surface area contributed by atoms with Crippen molar-refractivity contribution in [3.8, 4) is 5.95 Å². The summed E-state index contributed by atoms with van der Waals surface area (Å²) in [5.74, 6) is 0.0671.